The summed E-state index contributed by atoms with van der Waals surface area (Å²) in [4.78, 5) is 91.8. The third-order valence-electron chi connectivity index (χ3n) is 10.3. The zero-order chi connectivity index (χ0) is 45.5. The first-order valence-electron chi connectivity index (χ1n) is 19.3. The van der Waals surface area contributed by atoms with Gasteiger partial charge in [0.15, 0.2) is 30.6 Å². The third kappa shape index (κ3) is 8.78. The van der Waals surface area contributed by atoms with Gasteiger partial charge in [0, 0.05) is 34.9 Å². The minimum Gasteiger partial charge on any atom is -0.456 e. The maximum atomic E-state index is 15.8. The number of nitrogens with zero attached hydrogens (tertiary/aromatic N) is 2. The number of ketones is 2. The Hall–Kier alpha value is -6.15. The molecule has 2 saturated heterocycles. The van der Waals surface area contributed by atoms with Crippen molar-refractivity contribution in [2.24, 2.45) is 5.92 Å². The first-order valence-corrected chi connectivity index (χ1v) is 19.3. The number of alkyl halides is 4. The average molecular weight is 874 g/mol. The predicted octanol–water partition coefficient (Wildman–Crippen LogP) is 5.63. The Bertz CT molecular complexity index is 2310. The highest BCUT2D eigenvalue weighted by Gasteiger charge is 2.63. The highest BCUT2D eigenvalue weighted by Crippen LogP contribution is 2.58. The van der Waals surface area contributed by atoms with Crippen LogP contribution >= 0.6 is 0 Å². The van der Waals surface area contributed by atoms with Gasteiger partial charge in [-0.3, -0.25) is 14.4 Å². The van der Waals surface area contributed by atoms with Crippen molar-refractivity contribution in [1.82, 2.24) is 14.8 Å². The van der Waals surface area contributed by atoms with Crippen molar-refractivity contribution in [3.05, 3.63) is 82.7 Å². The molecule has 2 fully saturated rings. The van der Waals surface area contributed by atoms with Gasteiger partial charge in [-0.1, -0.05) is 38.1 Å². The van der Waals surface area contributed by atoms with E-state index in [1.807, 2.05) is 0 Å². The quantitative estimate of drug-likeness (QED) is 0.108. The van der Waals surface area contributed by atoms with Gasteiger partial charge in [-0.25, -0.2) is 23.7 Å². The molecule has 332 valence electrons. The number of carbonyl (C=O) groups is 7. The van der Waals surface area contributed by atoms with Gasteiger partial charge in [-0.15, -0.1) is 0 Å². The number of ether oxygens (including phenoxy) is 6. The summed E-state index contributed by atoms with van der Waals surface area (Å²) in [6.45, 7) is 6.19. The SMILES string of the molecule is COC(=O)NC(C(=O)N1CC2(CC1C(=O)OCC(=O)c1ccc3c(c1)C(F)(F)C(F)(F)c1cc(C(=O)COC(=O)c4cccn4C(=O)OC(C)(C)C)ccc1-3)OCCO2)C(C)C. The Kier molecular flexibility index (Phi) is 12.4. The van der Waals surface area contributed by atoms with Crippen LogP contribution in [-0.4, -0.2) is 115 Å². The minimum absolute atomic E-state index is 0.162. The van der Waals surface area contributed by atoms with Crippen molar-refractivity contribution in [2.45, 2.75) is 76.4 Å². The molecular formula is C42H43F4N3O13. The van der Waals surface area contributed by atoms with Crippen LogP contribution in [0.15, 0.2) is 54.7 Å². The van der Waals surface area contributed by atoms with Crippen molar-refractivity contribution in [1.29, 1.82) is 0 Å². The number of halogens is 4. The molecule has 2 aliphatic heterocycles. The molecule has 1 N–H and O–H groups in total. The molecule has 2 unspecified atom stereocenters. The second-order valence-corrected chi connectivity index (χ2v) is 16.1. The van der Waals surface area contributed by atoms with Crippen LogP contribution in [0.1, 0.15) is 83.4 Å². The van der Waals surface area contributed by atoms with E-state index in [-0.39, 0.29) is 43.0 Å². The number of carbonyl (C=O) groups excluding carboxylic acids is 7. The van der Waals surface area contributed by atoms with Crippen LogP contribution in [0.25, 0.3) is 11.1 Å². The van der Waals surface area contributed by atoms with Gasteiger partial charge in [-0.05, 0) is 62.1 Å². The lowest BCUT2D eigenvalue weighted by atomic mass is 9.79. The number of hydrogen-bond acceptors (Lipinski definition) is 13. The summed E-state index contributed by atoms with van der Waals surface area (Å²) in [5.74, 6) is -16.6. The maximum Gasteiger partial charge on any atom is 0.419 e. The highest BCUT2D eigenvalue weighted by molar-refractivity contribution is 6.02. The molecule has 1 aromatic heterocycles. The van der Waals surface area contributed by atoms with E-state index in [9.17, 15) is 33.6 Å². The van der Waals surface area contributed by atoms with Crippen molar-refractivity contribution in [2.75, 3.05) is 40.1 Å². The van der Waals surface area contributed by atoms with Gasteiger partial charge in [0.25, 0.3) is 0 Å². The molecule has 2 atom stereocenters. The predicted molar refractivity (Wildman–Crippen MR) is 205 cm³/mol. The second-order valence-electron chi connectivity index (χ2n) is 16.1. The second kappa shape index (κ2) is 17.0. The van der Waals surface area contributed by atoms with E-state index in [1.54, 1.807) is 34.6 Å². The monoisotopic (exact) mass is 873 g/mol. The zero-order valence-corrected chi connectivity index (χ0v) is 34.4. The van der Waals surface area contributed by atoms with E-state index in [1.165, 1.54) is 18.3 Å². The van der Waals surface area contributed by atoms with Crippen LogP contribution in [0, 0.1) is 5.92 Å². The summed E-state index contributed by atoms with van der Waals surface area (Å²) in [5, 5.41) is 2.43. The number of amides is 2. The van der Waals surface area contributed by atoms with E-state index >= 15 is 17.6 Å². The van der Waals surface area contributed by atoms with E-state index in [0.29, 0.717) is 12.1 Å². The zero-order valence-electron chi connectivity index (χ0n) is 34.4. The van der Waals surface area contributed by atoms with Crippen LogP contribution in [-0.2, 0) is 49.9 Å². The van der Waals surface area contributed by atoms with Gasteiger partial charge in [0.1, 0.15) is 23.4 Å². The molecule has 16 nitrogen and oxygen atoms in total. The van der Waals surface area contributed by atoms with Crippen molar-refractivity contribution < 1.29 is 79.5 Å². The first kappa shape index (κ1) is 45.4. The number of methoxy groups -OCH3 is 1. The van der Waals surface area contributed by atoms with Crippen LogP contribution in [0.2, 0.25) is 0 Å². The maximum absolute atomic E-state index is 15.8. The topological polar surface area (TPSA) is 195 Å². The fraction of sp³-hybridized carbons (Fsp3) is 0.452. The van der Waals surface area contributed by atoms with Crippen molar-refractivity contribution in [3.8, 4) is 11.1 Å². The van der Waals surface area contributed by atoms with Crippen molar-refractivity contribution >= 4 is 41.6 Å². The number of benzene rings is 2. The molecule has 62 heavy (non-hydrogen) atoms. The number of Topliss-reactive ketones (excluding diaryl/α,β-unsaturated/α-hetero) is 2. The van der Waals surface area contributed by atoms with Crippen LogP contribution in [0.5, 0.6) is 0 Å². The molecular weight excluding hydrogens is 830 g/mol. The molecule has 3 heterocycles. The Morgan fingerprint density at radius 3 is 1.90 bits per heavy atom. The van der Waals surface area contributed by atoms with Gasteiger partial charge >= 0.3 is 36.0 Å². The number of rotatable bonds is 11. The minimum atomic E-state index is -4.92. The van der Waals surface area contributed by atoms with E-state index < -0.39 is 118 Å². The average Bonchev–Trinajstić information content (AvgIpc) is 3.99. The lowest BCUT2D eigenvalue weighted by Crippen LogP contribution is -2.54. The molecule has 6 rings (SSSR count). The summed E-state index contributed by atoms with van der Waals surface area (Å²) >= 11 is 0. The summed E-state index contributed by atoms with van der Waals surface area (Å²) in [6.07, 6.45) is -0.773. The number of hydrogen-bond donors (Lipinski definition) is 1. The van der Waals surface area contributed by atoms with E-state index in [4.69, 9.17) is 23.7 Å². The molecule has 3 aliphatic rings. The van der Waals surface area contributed by atoms with Gasteiger partial charge in [0.05, 0.1) is 26.9 Å². The van der Waals surface area contributed by atoms with Crippen LogP contribution in [0.4, 0.5) is 27.2 Å². The molecule has 1 aliphatic carbocycles. The standard InChI is InChI=1S/C42H43F4N3O13/c1-22(2)33(47-37(55)57-6)34(52)49-21-40(60-14-15-61-40)18-30(49)36(54)59-20-32(51)24-10-12-26-25-11-9-23(16-27(25)41(43,44)42(45,46)28(26)17-24)31(50)19-58-35(53)29-8-7-13-48(29)38(56)62-39(3,4)5/h7-13,16-17,22,30,33H,14-15,18-21H2,1-6H3,(H,47,55). The molecule has 1 spiro atoms. The highest BCUT2D eigenvalue weighted by atomic mass is 19.3. The molecule has 20 heteroatoms. The van der Waals surface area contributed by atoms with E-state index in [0.717, 1.165) is 40.8 Å². The first-order chi connectivity index (χ1) is 29.0. The van der Waals surface area contributed by atoms with Crippen LogP contribution < -0.4 is 5.32 Å². The number of fused-ring (bicyclic) bond motifs is 3. The lowest BCUT2D eigenvalue weighted by Gasteiger charge is -2.35. The molecule has 0 radical (unpaired) electrons. The number of esters is 2. The third-order valence-corrected chi connectivity index (χ3v) is 10.3. The lowest BCUT2D eigenvalue weighted by molar-refractivity contribution is -0.225. The fourth-order valence-corrected chi connectivity index (χ4v) is 7.25. The Balaban J connectivity index is 1.16. The van der Waals surface area contributed by atoms with Gasteiger partial charge in [0.2, 0.25) is 5.91 Å². The summed E-state index contributed by atoms with van der Waals surface area (Å²) in [6, 6.07) is 5.41. The Morgan fingerprint density at radius 2 is 1.39 bits per heavy atom. The molecule has 3 aromatic rings. The molecule has 0 saturated carbocycles. The van der Waals surface area contributed by atoms with Crippen LogP contribution in [0.3, 0.4) is 0 Å². The Labute approximate surface area is 351 Å². The molecule has 2 aromatic carbocycles. The van der Waals surface area contributed by atoms with Gasteiger partial charge < -0.3 is 38.6 Å². The number of likely N-dealkylation sites (tertiary alicyclic amines) is 1. The number of alkyl carbamates (subject to hydrolysis) is 1. The summed E-state index contributed by atoms with van der Waals surface area (Å²) in [7, 11) is 1.11. The molecule has 2 amide bonds. The fourth-order valence-electron chi connectivity index (χ4n) is 7.25. The molecule has 0 bridgehead atoms. The summed E-state index contributed by atoms with van der Waals surface area (Å²) < 4.78 is 95.6. The smallest absolute Gasteiger partial charge is 0.419 e. The normalized spacial score (nSPS) is 18.6. The van der Waals surface area contributed by atoms with E-state index in [2.05, 4.69) is 10.1 Å². The number of aromatic nitrogens is 1. The van der Waals surface area contributed by atoms with Gasteiger partial charge in [-0.2, -0.15) is 17.6 Å². The largest absolute Gasteiger partial charge is 0.456 e. The Morgan fingerprint density at radius 1 is 0.839 bits per heavy atom. The summed E-state index contributed by atoms with van der Waals surface area (Å²) in [5.41, 5.74) is -5.34. The van der Waals surface area contributed by atoms with Crippen molar-refractivity contribution in [3.63, 3.8) is 0 Å². The number of nitrogens with one attached hydrogen (secondary N) is 1.